The fourth-order valence-corrected chi connectivity index (χ4v) is 3.65. The molecule has 6 heteroatoms. The second-order valence-electron chi connectivity index (χ2n) is 7.74. The van der Waals surface area contributed by atoms with E-state index in [1.807, 2.05) is 30.3 Å². The molecular formula is C24H31N3O3. The Morgan fingerprint density at radius 3 is 2.47 bits per heavy atom. The summed E-state index contributed by atoms with van der Waals surface area (Å²) in [7, 11) is 0. The Balaban J connectivity index is 1.41. The van der Waals surface area contributed by atoms with Gasteiger partial charge in [0.15, 0.2) is 6.61 Å². The molecule has 1 atom stereocenters. The zero-order chi connectivity index (χ0) is 21.2. The van der Waals surface area contributed by atoms with Gasteiger partial charge in [-0.2, -0.15) is 0 Å². The molecule has 2 aromatic rings. The summed E-state index contributed by atoms with van der Waals surface area (Å²) >= 11 is 0. The monoisotopic (exact) mass is 409 g/mol. The van der Waals surface area contributed by atoms with Gasteiger partial charge in [-0.15, -0.1) is 0 Å². The van der Waals surface area contributed by atoms with Crippen LogP contribution in [0.5, 0.6) is 5.75 Å². The number of nitrogens with zero attached hydrogens (tertiary/aromatic N) is 1. The largest absolute Gasteiger partial charge is 0.484 e. The number of benzene rings is 2. The van der Waals surface area contributed by atoms with Crippen molar-refractivity contribution >= 4 is 11.8 Å². The Bertz CT molecular complexity index is 825. The lowest BCUT2D eigenvalue weighted by Gasteiger charge is -2.33. The Morgan fingerprint density at radius 2 is 1.70 bits per heavy atom. The third-order valence-corrected chi connectivity index (χ3v) is 5.47. The molecular weight excluding hydrogens is 378 g/mol. The van der Waals surface area contributed by atoms with E-state index in [4.69, 9.17) is 4.74 Å². The molecule has 1 aliphatic heterocycles. The number of ether oxygens (including phenoxy) is 1. The molecule has 6 nitrogen and oxygen atoms in total. The topological polar surface area (TPSA) is 70.7 Å². The fraction of sp³-hybridized carbons (Fsp3) is 0.417. The molecule has 0 spiro atoms. The van der Waals surface area contributed by atoms with Crippen LogP contribution < -0.4 is 15.4 Å². The minimum atomic E-state index is -0.325. The third-order valence-electron chi connectivity index (χ3n) is 5.47. The lowest BCUT2D eigenvalue weighted by atomic mass is 10.0. The normalized spacial score (nSPS) is 16.6. The van der Waals surface area contributed by atoms with Crippen LogP contribution in [0.25, 0.3) is 0 Å². The average molecular weight is 410 g/mol. The molecule has 1 saturated heterocycles. The minimum Gasteiger partial charge on any atom is -0.484 e. The second-order valence-corrected chi connectivity index (χ2v) is 7.74. The molecule has 30 heavy (non-hydrogen) atoms. The van der Waals surface area contributed by atoms with Crippen LogP contribution in [-0.4, -0.2) is 42.5 Å². The van der Waals surface area contributed by atoms with Gasteiger partial charge in [-0.05, 0) is 49.6 Å². The molecule has 2 amide bonds. The summed E-state index contributed by atoms with van der Waals surface area (Å²) in [4.78, 5) is 26.6. The van der Waals surface area contributed by atoms with Crippen LogP contribution in [0.2, 0.25) is 0 Å². The summed E-state index contributed by atoms with van der Waals surface area (Å²) < 4.78 is 5.38. The molecule has 0 radical (unpaired) electrons. The van der Waals surface area contributed by atoms with E-state index in [1.54, 1.807) is 12.1 Å². The van der Waals surface area contributed by atoms with Crippen LogP contribution in [-0.2, 0) is 22.7 Å². The predicted octanol–water partition coefficient (Wildman–Crippen LogP) is 2.87. The molecule has 0 aliphatic carbocycles. The average Bonchev–Trinajstić information content (AvgIpc) is 2.78. The fourth-order valence-electron chi connectivity index (χ4n) is 3.65. The van der Waals surface area contributed by atoms with E-state index < -0.39 is 0 Å². The Hall–Kier alpha value is -2.86. The molecule has 0 aromatic heterocycles. The number of nitrogens with one attached hydrogen (secondary N) is 2. The third kappa shape index (κ3) is 6.88. The highest BCUT2D eigenvalue weighted by molar-refractivity contribution is 5.85. The number of hydrogen-bond donors (Lipinski definition) is 2. The first-order valence-corrected chi connectivity index (χ1v) is 10.6. The van der Waals surface area contributed by atoms with Crippen molar-refractivity contribution in [2.24, 2.45) is 0 Å². The molecule has 2 aromatic carbocycles. The lowest BCUT2D eigenvalue weighted by Crippen LogP contribution is -2.39. The smallest absolute Gasteiger partial charge is 0.258 e. The van der Waals surface area contributed by atoms with Crippen molar-refractivity contribution in [3.63, 3.8) is 0 Å². The van der Waals surface area contributed by atoms with Crippen LogP contribution >= 0.6 is 0 Å². The first-order valence-electron chi connectivity index (χ1n) is 10.6. The summed E-state index contributed by atoms with van der Waals surface area (Å²) in [5.74, 6) is 0.0782. The number of para-hydroxylation sites is 1. The number of piperidine rings is 1. The maximum atomic E-state index is 12.2. The van der Waals surface area contributed by atoms with Crippen LogP contribution in [0, 0.1) is 0 Å². The highest BCUT2D eigenvalue weighted by Crippen LogP contribution is 2.20. The highest BCUT2D eigenvalue weighted by Gasteiger charge is 2.19. The zero-order valence-electron chi connectivity index (χ0n) is 17.6. The standard InChI is InChI=1S/C24H31N3O3/c1-19-9-7-8-14-27(19)17-21-11-6-5-10-20(21)15-25-23(28)16-26-24(29)18-30-22-12-3-2-4-13-22/h2-6,10-13,19H,7-9,14-18H2,1H3,(H,25,28)(H,26,29)/t19-/m1/s1. The molecule has 0 saturated carbocycles. The van der Waals surface area contributed by atoms with Gasteiger partial charge in [0.1, 0.15) is 5.75 Å². The van der Waals surface area contributed by atoms with Gasteiger partial charge >= 0.3 is 0 Å². The number of rotatable bonds is 9. The molecule has 2 N–H and O–H groups in total. The van der Waals surface area contributed by atoms with Gasteiger partial charge in [-0.3, -0.25) is 14.5 Å². The molecule has 0 unspecified atom stereocenters. The van der Waals surface area contributed by atoms with Gasteiger partial charge in [-0.25, -0.2) is 0 Å². The summed E-state index contributed by atoms with van der Waals surface area (Å²) in [6, 6.07) is 17.9. The van der Waals surface area contributed by atoms with Crippen molar-refractivity contribution in [3.05, 3.63) is 65.7 Å². The molecule has 1 aliphatic rings. The van der Waals surface area contributed by atoms with Crippen molar-refractivity contribution in [2.45, 2.75) is 45.3 Å². The van der Waals surface area contributed by atoms with Crippen molar-refractivity contribution in [1.82, 2.24) is 15.5 Å². The van der Waals surface area contributed by atoms with Crippen molar-refractivity contribution < 1.29 is 14.3 Å². The van der Waals surface area contributed by atoms with Crippen molar-refractivity contribution in [1.29, 1.82) is 0 Å². The maximum absolute atomic E-state index is 12.2. The first kappa shape index (κ1) is 21.8. The number of carbonyl (C=O) groups excluding carboxylic acids is 2. The maximum Gasteiger partial charge on any atom is 0.258 e. The van der Waals surface area contributed by atoms with Crippen LogP contribution in [0.15, 0.2) is 54.6 Å². The van der Waals surface area contributed by atoms with Crippen LogP contribution in [0.3, 0.4) is 0 Å². The highest BCUT2D eigenvalue weighted by atomic mass is 16.5. The van der Waals surface area contributed by atoms with Crippen LogP contribution in [0.1, 0.15) is 37.3 Å². The summed E-state index contributed by atoms with van der Waals surface area (Å²) in [6.45, 7) is 4.58. The van der Waals surface area contributed by atoms with E-state index in [2.05, 4.69) is 34.6 Å². The van der Waals surface area contributed by atoms with Crippen molar-refractivity contribution in [3.8, 4) is 5.75 Å². The number of carbonyl (C=O) groups is 2. The van der Waals surface area contributed by atoms with Gasteiger partial charge in [0, 0.05) is 19.1 Å². The lowest BCUT2D eigenvalue weighted by molar-refractivity contribution is -0.127. The molecule has 1 fully saturated rings. The van der Waals surface area contributed by atoms with Gasteiger partial charge in [0.2, 0.25) is 5.91 Å². The molecule has 0 bridgehead atoms. The van der Waals surface area contributed by atoms with Gasteiger partial charge in [-0.1, -0.05) is 48.9 Å². The Kier molecular flexibility index (Phi) is 8.27. The minimum absolute atomic E-state index is 0.0672. The van der Waals surface area contributed by atoms with Gasteiger partial charge in [0.05, 0.1) is 6.54 Å². The predicted molar refractivity (Wildman–Crippen MR) is 117 cm³/mol. The zero-order valence-corrected chi connectivity index (χ0v) is 17.6. The van der Waals surface area contributed by atoms with E-state index in [-0.39, 0.29) is 25.0 Å². The summed E-state index contributed by atoms with van der Waals surface area (Å²) in [6.07, 6.45) is 3.79. The molecule has 3 rings (SSSR count). The van der Waals surface area contributed by atoms with E-state index in [0.717, 1.165) is 18.7 Å². The summed E-state index contributed by atoms with van der Waals surface area (Å²) in [5.41, 5.74) is 2.36. The van der Waals surface area contributed by atoms with E-state index in [9.17, 15) is 9.59 Å². The SMILES string of the molecule is C[C@@H]1CCCCN1Cc1ccccc1CNC(=O)CNC(=O)COc1ccccc1. The van der Waals surface area contributed by atoms with Gasteiger partial charge < -0.3 is 15.4 Å². The molecule has 160 valence electrons. The van der Waals surface area contributed by atoms with Gasteiger partial charge in [0.25, 0.3) is 5.91 Å². The Labute approximate surface area is 178 Å². The quantitative estimate of drug-likeness (QED) is 0.668. The summed E-state index contributed by atoms with van der Waals surface area (Å²) in [5, 5.41) is 5.49. The van der Waals surface area contributed by atoms with E-state index in [0.29, 0.717) is 18.3 Å². The second kappa shape index (κ2) is 11.4. The van der Waals surface area contributed by atoms with E-state index >= 15 is 0 Å². The Morgan fingerprint density at radius 1 is 0.967 bits per heavy atom. The van der Waals surface area contributed by atoms with Crippen LogP contribution in [0.4, 0.5) is 0 Å². The number of hydrogen-bond acceptors (Lipinski definition) is 4. The number of likely N-dealkylation sites (tertiary alicyclic amines) is 1. The first-order chi connectivity index (χ1) is 14.6. The molecule has 1 heterocycles. The number of amides is 2. The van der Waals surface area contributed by atoms with E-state index in [1.165, 1.54) is 24.8 Å². The van der Waals surface area contributed by atoms with Crippen molar-refractivity contribution in [2.75, 3.05) is 19.7 Å².